The number of anilines is 1. The molecule has 3 nitrogen and oxygen atoms in total. The summed E-state index contributed by atoms with van der Waals surface area (Å²) in [6, 6.07) is 8.96. The topological polar surface area (TPSA) is 37.0 Å². The van der Waals surface area contributed by atoms with E-state index in [4.69, 9.17) is 0 Å². The van der Waals surface area contributed by atoms with E-state index in [1.54, 1.807) is 0 Å². The van der Waals surface area contributed by atoms with Crippen LogP contribution in [0.2, 0.25) is 0 Å². The lowest BCUT2D eigenvalue weighted by Crippen LogP contribution is -2.29. The molecule has 0 fully saturated rings. The van der Waals surface area contributed by atoms with Crippen LogP contribution in [-0.2, 0) is 6.54 Å². The molecule has 1 atom stereocenters. The maximum absolute atomic E-state index is 4.57. The molecule has 2 N–H and O–H groups in total. The summed E-state index contributed by atoms with van der Waals surface area (Å²) >= 11 is 5.32. The van der Waals surface area contributed by atoms with E-state index in [9.17, 15) is 0 Å². The molecule has 0 radical (unpaired) electrons. The molecule has 1 aliphatic heterocycles. The molecule has 2 aromatic heterocycles. The Morgan fingerprint density at radius 1 is 1.30 bits per heavy atom. The van der Waals surface area contributed by atoms with Crippen LogP contribution in [-0.4, -0.2) is 17.6 Å². The molecule has 4 rings (SSSR count). The van der Waals surface area contributed by atoms with E-state index in [1.807, 2.05) is 17.4 Å². The Labute approximate surface area is 129 Å². The van der Waals surface area contributed by atoms with Crippen LogP contribution in [0.4, 0.5) is 5.69 Å². The number of hydrogen-bond donors (Lipinski definition) is 2. The number of nitrogens with one attached hydrogen (secondary N) is 2. The third-order valence-corrected chi connectivity index (χ3v) is 5.35. The highest BCUT2D eigenvalue weighted by molar-refractivity contribution is 9.10. The molecule has 0 bridgehead atoms. The quantitative estimate of drug-likeness (QED) is 0.600. The van der Waals surface area contributed by atoms with Crippen LogP contribution in [0, 0.1) is 0 Å². The Hall–Kier alpha value is -1.17. The van der Waals surface area contributed by atoms with Crippen molar-refractivity contribution in [3.63, 3.8) is 0 Å². The van der Waals surface area contributed by atoms with Gasteiger partial charge in [0.1, 0.15) is 4.60 Å². The van der Waals surface area contributed by atoms with E-state index < -0.39 is 0 Å². The van der Waals surface area contributed by atoms with Gasteiger partial charge in [-0.25, -0.2) is 4.98 Å². The van der Waals surface area contributed by atoms with Gasteiger partial charge in [0.25, 0.3) is 0 Å². The second-order valence-corrected chi connectivity index (χ2v) is 7.15. The smallest absolute Gasteiger partial charge is 0.106 e. The normalized spacial score (nSPS) is 18.8. The molecule has 5 heteroatoms. The summed E-state index contributed by atoms with van der Waals surface area (Å²) in [4.78, 5) is 5.96. The average molecular weight is 348 g/mol. The van der Waals surface area contributed by atoms with E-state index in [0.29, 0.717) is 6.04 Å². The minimum Gasteiger partial charge on any atom is -0.382 e. The van der Waals surface area contributed by atoms with Crippen LogP contribution in [0.15, 0.2) is 28.9 Å². The number of rotatable bonds is 0. The van der Waals surface area contributed by atoms with E-state index in [0.717, 1.165) is 23.2 Å². The van der Waals surface area contributed by atoms with E-state index in [1.165, 1.54) is 26.0 Å². The van der Waals surface area contributed by atoms with Crippen LogP contribution >= 0.6 is 27.3 Å². The van der Waals surface area contributed by atoms with Gasteiger partial charge in [0.2, 0.25) is 0 Å². The average Bonchev–Trinajstić information content (AvgIpc) is 2.70. The van der Waals surface area contributed by atoms with Crippen molar-refractivity contribution in [3.8, 4) is 0 Å². The number of benzene rings is 1. The molecule has 1 aromatic carbocycles. The predicted molar refractivity (Wildman–Crippen MR) is 89.6 cm³/mol. The van der Waals surface area contributed by atoms with E-state index in [-0.39, 0.29) is 0 Å². The summed E-state index contributed by atoms with van der Waals surface area (Å²) in [6.07, 6.45) is 0. The number of aromatic nitrogens is 1. The van der Waals surface area contributed by atoms with Gasteiger partial charge >= 0.3 is 0 Å². The standard InChI is InChI=1S/C15H14BrN3S/c1-8-6-18-15-12(7-17-8)20-11-4-3-10-9(14(11)15)2-5-13(16)19-10/h2-5,8,17-18H,6-7H2,1H3/t8-/m1/s1. The first-order valence-electron chi connectivity index (χ1n) is 6.70. The lowest BCUT2D eigenvalue weighted by atomic mass is 10.1. The van der Waals surface area contributed by atoms with Crippen LogP contribution in [0.3, 0.4) is 0 Å². The van der Waals surface area contributed by atoms with Crippen molar-refractivity contribution in [2.75, 3.05) is 11.9 Å². The van der Waals surface area contributed by atoms with Gasteiger partial charge in [0.05, 0.1) is 11.2 Å². The zero-order valence-corrected chi connectivity index (χ0v) is 13.4. The fourth-order valence-electron chi connectivity index (χ4n) is 2.73. The first kappa shape index (κ1) is 12.6. The molecule has 0 spiro atoms. The van der Waals surface area contributed by atoms with Gasteiger partial charge in [-0.3, -0.25) is 0 Å². The van der Waals surface area contributed by atoms with Crippen molar-refractivity contribution in [2.24, 2.45) is 0 Å². The summed E-state index contributed by atoms with van der Waals surface area (Å²) in [5, 5.41) is 9.70. The van der Waals surface area contributed by atoms with E-state index in [2.05, 4.69) is 56.7 Å². The number of fused-ring (bicyclic) bond motifs is 5. The van der Waals surface area contributed by atoms with Crippen LogP contribution in [0.5, 0.6) is 0 Å². The lowest BCUT2D eigenvalue weighted by molar-refractivity contribution is 0.584. The minimum absolute atomic E-state index is 0.492. The molecule has 1 aliphatic rings. The van der Waals surface area contributed by atoms with Crippen molar-refractivity contribution in [1.82, 2.24) is 10.3 Å². The van der Waals surface area contributed by atoms with Crippen LogP contribution in [0.1, 0.15) is 11.8 Å². The fraction of sp³-hybridized carbons (Fsp3) is 0.267. The molecular weight excluding hydrogens is 334 g/mol. The number of thiophene rings is 1. The SMILES string of the molecule is C[C@@H]1CNc2c(sc3ccc4nc(Br)ccc4c23)CN1. The molecule has 0 saturated heterocycles. The molecule has 0 amide bonds. The van der Waals surface area contributed by atoms with Gasteiger partial charge in [0.15, 0.2) is 0 Å². The Morgan fingerprint density at radius 2 is 2.20 bits per heavy atom. The second kappa shape index (κ2) is 4.69. The number of hydrogen-bond acceptors (Lipinski definition) is 4. The van der Waals surface area contributed by atoms with Crippen molar-refractivity contribution in [3.05, 3.63) is 33.7 Å². The number of pyridine rings is 1. The molecule has 3 heterocycles. The molecule has 3 aromatic rings. The van der Waals surface area contributed by atoms with Crippen molar-refractivity contribution >= 4 is 53.9 Å². The third kappa shape index (κ3) is 1.92. The summed E-state index contributed by atoms with van der Waals surface area (Å²) < 4.78 is 2.21. The summed E-state index contributed by atoms with van der Waals surface area (Å²) in [5.74, 6) is 0. The Bertz CT molecular complexity index is 812. The van der Waals surface area contributed by atoms with Crippen molar-refractivity contribution in [2.45, 2.75) is 19.5 Å². The Balaban J connectivity index is 2.04. The van der Waals surface area contributed by atoms with Gasteiger partial charge in [-0.1, -0.05) is 0 Å². The predicted octanol–water partition coefficient (Wildman–Crippen LogP) is 4.12. The highest BCUT2D eigenvalue weighted by atomic mass is 79.9. The molecule has 0 aliphatic carbocycles. The molecule has 0 unspecified atom stereocenters. The summed E-state index contributed by atoms with van der Waals surface area (Å²) in [6.45, 7) is 4.11. The van der Waals surface area contributed by atoms with Gasteiger partial charge in [-0.2, -0.15) is 0 Å². The van der Waals surface area contributed by atoms with Crippen molar-refractivity contribution in [1.29, 1.82) is 0 Å². The number of nitrogens with zero attached hydrogens (tertiary/aromatic N) is 1. The lowest BCUT2D eigenvalue weighted by Gasteiger charge is -2.09. The monoisotopic (exact) mass is 347 g/mol. The zero-order valence-electron chi connectivity index (χ0n) is 11.0. The van der Waals surface area contributed by atoms with Crippen LogP contribution < -0.4 is 10.6 Å². The fourth-order valence-corrected chi connectivity index (χ4v) is 4.20. The molecule has 102 valence electrons. The van der Waals surface area contributed by atoms with Gasteiger partial charge in [0, 0.05) is 39.5 Å². The molecule has 20 heavy (non-hydrogen) atoms. The number of halogens is 1. The van der Waals surface area contributed by atoms with Gasteiger partial charge < -0.3 is 10.6 Å². The zero-order chi connectivity index (χ0) is 13.7. The van der Waals surface area contributed by atoms with Crippen molar-refractivity contribution < 1.29 is 0 Å². The van der Waals surface area contributed by atoms with E-state index >= 15 is 0 Å². The maximum Gasteiger partial charge on any atom is 0.106 e. The minimum atomic E-state index is 0.492. The summed E-state index contributed by atoms with van der Waals surface area (Å²) in [7, 11) is 0. The third-order valence-electron chi connectivity index (χ3n) is 3.76. The maximum atomic E-state index is 4.57. The Morgan fingerprint density at radius 3 is 3.10 bits per heavy atom. The summed E-state index contributed by atoms with van der Waals surface area (Å²) in [5.41, 5.74) is 2.33. The first-order chi connectivity index (χ1) is 9.72. The molecular formula is C15H14BrN3S. The van der Waals surface area contributed by atoms with Crippen LogP contribution in [0.25, 0.3) is 21.0 Å². The second-order valence-electron chi connectivity index (χ2n) is 5.20. The highest BCUT2D eigenvalue weighted by Crippen LogP contribution is 2.40. The molecule has 0 saturated carbocycles. The van der Waals surface area contributed by atoms with Gasteiger partial charge in [-0.05, 0) is 47.1 Å². The largest absolute Gasteiger partial charge is 0.382 e. The Kier molecular flexibility index (Phi) is 2.94. The first-order valence-corrected chi connectivity index (χ1v) is 8.31. The highest BCUT2D eigenvalue weighted by Gasteiger charge is 2.18. The van der Waals surface area contributed by atoms with Gasteiger partial charge in [-0.15, -0.1) is 11.3 Å².